The largest absolute Gasteiger partial charge is 0.240 e. The highest BCUT2D eigenvalue weighted by molar-refractivity contribution is 8.01. The zero-order valence-corrected chi connectivity index (χ0v) is 9.78. The standard InChI is InChI=1S/C11H11NS2/c1-13-10-7-8-5-3-4-6-9(8)12-11(10)14-2/h3-7H,1-2H3. The minimum Gasteiger partial charge on any atom is -0.240 e. The van der Waals surface area contributed by atoms with Crippen molar-refractivity contribution >= 4 is 34.4 Å². The third-order valence-corrected chi connectivity index (χ3v) is 3.65. The smallest absolute Gasteiger partial charge is 0.110 e. The summed E-state index contributed by atoms with van der Waals surface area (Å²) in [7, 11) is 0. The number of fused-ring (bicyclic) bond motifs is 1. The van der Waals surface area contributed by atoms with Crippen LogP contribution in [0.3, 0.4) is 0 Å². The van der Waals surface area contributed by atoms with Crippen LogP contribution in [0.25, 0.3) is 10.9 Å². The summed E-state index contributed by atoms with van der Waals surface area (Å²) in [5.41, 5.74) is 1.08. The molecule has 1 aromatic heterocycles. The van der Waals surface area contributed by atoms with Crippen molar-refractivity contribution in [1.29, 1.82) is 0 Å². The van der Waals surface area contributed by atoms with Gasteiger partial charge in [-0.15, -0.1) is 23.5 Å². The van der Waals surface area contributed by atoms with Crippen LogP contribution in [0.4, 0.5) is 0 Å². The van der Waals surface area contributed by atoms with Crippen LogP contribution in [0.1, 0.15) is 0 Å². The first kappa shape index (κ1) is 9.87. The molecule has 0 atom stereocenters. The van der Waals surface area contributed by atoms with Gasteiger partial charge in [0.15, 0.2) is 0 Å². The summed E-state index contributed by atoms with van der Waals surface area (Å²) in [6, 6.07) is 10.4. The second-order valence-corrected chi connectivity index (χ2v) is 4.54. The first-order valence-electron chi connectivity index (χ1n) is 4.33. The van der Waals surface area contributed by atoms with Crippen molar-refractivity contribution in [3.8, 4) is 0 Å². The minimum atomic E-state index is 1.08. The normalized spacial score (nSPS) is 10.7. The van der Waals surface area contributed by atoms with Crippen molar-refractivity contribution in [3.05, 3.63) is 30.3 Å². The van der Waals surface area contributed by atoms with Gasteiger partial charge in [-0.05, 0) is 24.6 Å². The van der Waals surface area contributed by atoms with E-state index < -0.39 is 0 Å². The lowest BCUT2D eigenvalue weighted by atomic mass is 10.2. The molecule has 0 bridgehead atoms. The Morgan fingerprint density at radius 3 is 2.57 bits per heavy atom. The first-order valence-corrected chi connectivity index (χ1v) is 6.78. The Kier molecular flexibility index (Phi) is 2.99. The fraction of sp³-hybridized carbons (Fsp3) is 0.182. The van der Waals surface area contributed by atoms with E-state index in [2.05, 4.69) is 35.7 Å². The number of rotatable bonds is 2. The van der Waals surface area contributed by atoms with E-state index in [0.29, 0.717) is 0 Å². The number of aromatic nitrogens is 1. The molecule has 0 amide bonds. The molecule has 0 fully saturated rings. The molecular weight excluding hydrogens is 210 g/mol. The van der Waals surface area contributed by atoms with Crippen molar-refractivity contribution in [1.82, 2.24) is 4.98 Å². The predicted molar refractivity (Wildman–Crippen MR) is 65.3 cm³/mol. The Morgan fingerprint density at radius 2 is 1.86 bits per heavy atom. The second kappa shape index (κ2) is 4.24. The fourth-order valence-corrected chi connectivity index (χ4v) is 2.79. The van der Waals surface area contributed by atoms with Crippen molar-refractivity contribution in [3.63, 3.8) is 0 Å². The Balaban J connectivity index is 2.69. The Bertz CT molecular complexity index is 411. The molecule has 3 heteroatoms. The zero-order valence-electron chi connectivity index (χ0n) is 8.15. The molecule has 0 saturated heterocycles. The molecule has 0 unspecified atom stereocenters. The number of thioether (sulfide) groups is 2. The lowest BCUT2D eigenvalue weighted by Crippen LogP contribution is -1.85. The van der Waals surface area contributed by atoms with Crippen molar-refractivity contribution in [2.45, 2.75) is 9.92 Å². The molecule has 0 aliphatic heterocycles. The zero-order chi connectivity index (χ0) is 9.97. The third kappa shape index (κ3) is 1.74. The molecule has 0 saturated carbocycles. The highest BCUT2D eigenvalue weighted by atomic mass is 32.2. The molecule has 2 aromatic rings. The molecular formula is C11H11NS2. The van der Waals surface area contributed by atoms with Crippen LogP contribution < -0.4 is 0 Å². The van der Waals surface area contributed by atoms with Crippen LogP contribution in [0.2, 0.25) is 0 Å². The first-order chi connectivity index (χ1) is 6.85. The third-order valence-electron chi connectivity index (χ3n) is 2.07. The summed E-state index contributed by atoms with van der Waals surface area (Å²) in [4.78, 5) is 5.87. The number of hydrogen-bond acceptors (Lipinski definition) is 3. The van der Waals surface area contributed by atoms with Crippen molar-refractivity contribution < 1.29 is 0 Å². The van der Waals surface area contributed by atoms with E-state index in [1.807, 2.05) is 12.1 Å². The summed E-state index contributed by atoms with van der Waals surface area (Å²) in [5.74, 6) is 0. The fourth-order valence-electron chi connectivity index (χ4n) is 1.37. The molecule has 1 heterocycles. The summed E-state index contributed by atoms with van der Waals surface area (Å²) < 4.78 is 0. The van der Waals surface area contributed by atoms with Gasteiger partial charge in [0.1, 0.15) is 5.03 Å². The van der Waals surface area contributed by atoms with Gasteiger partial charge >= 0.3 is 0 Å². The van der Waals surface area contributed by atoms with Gasteiger partial charge < -0.3 is 0 Å². The summed E-state index contributed by atoms with van der Waals surface area (Å²) in [5, 5.41) is 2.34. The van der Waals surface area contributed by atoms with Gasteiger partial charge in [0.25, 0.3) is 0 Å². The number of pyridine rings is 1. The van der Waals surface area contributed by atoms with Crippen LogP contribution in [-0.4, -0.2) is 17.5 Å². The maximum absolute atomic E-state index is 4.61. The van der Waals surface area contributed by atoms with Crippen LogP contribution in [0.5, 0.6) is 0 Å². The van der Waals surface area contributed by atoms with E-state index in [1.165, 1.54) is 10.3 Å². The number of hydrogen-bond donors (Lipinski definition) is 0. The second-order valence-electron chi connectivity index (χ2n) is 2.89. The Morgan fingerprint density at radius 1 is 1.07 bits per heavy atom. The summed E-state index contributed by atoms with van der Waals surface area (Å²) in [6.45, 7) is 0. The van der Waals surface area contributed by atoms with Gasteiger partial charge in [-0.3, -0.25) is 0 Å². The molecule has 0 radical (unpaired) electrons. The predicted octanol–water partition coefficient (Wildman–Crippen LogP) is 3.68. The number of para-hydroxylation sites is 1. The molecule has 0 spiro atoms. The molecule has 0 aliphatic rings. The molecule has 14 heavy (non-hydrogen) atoms. The summed E-state index contributed by atoms with van der Waals surface area (Å²) in [6.07, 6.45) is 4.16. The van der Waals surface area contributed by atoms with Gasteiger partial charge in [-0.25, -0.2) is 4.98 Å². The van der Waals surface area contributed by atoms with E-state index in [9.17, 15) is 0 Å². The van der Waals surface area contributed by atoms with Crippen LogP contribution in [0.15, 0.2) is 40.3 Å². The molecule has 0 N–H and O–H groups in total. The number of benzene rings is 1. The van der Waals surface area contributed by atoms with Crippen LogP contribution in [0, 0.1) is 0 Å². The van der Waals surface area contributed by atoms with Crippen molar-refractivity contribution in [2.75, 3.05) is 12.5 Å². The highest BCUT2D eigenvalue weighted by Crippen LogP contribution is 2.29. The van der Waals surface area contributed by atoms with E-state index in [0.717, 1.165) is 10.5 Å². The average molecular weight is 221 g/mol. The maximum atomic E-state index is 4.61. The molecule has 1 nitrogen and oxygen atoms in total. The minimum absolute atomic E-state index is 1.08. The monoisotopic (exact) mass is 221 g/mol. The van der Waals surface area contributed by atoms with Crippen LogP contribution in [-0.2, 0) is 0 Å². The van der Waals surface area contributed by atoms with Gasteiger partial charge in [-0.1, -0.05) is 18.2 Å². The molecule has 1 aromatic carbocycles. The highest BCUT2D eigenvalue weighted by Gasteiger charge is 2.03. The topological polar surface area (TPSA) is 12.9 Å². The van der Waals surface area contributed by atoms with Gasteiger partial charge in [0, 0.05) is 10.3 Å². The lowest BCUT2D eigenvalue weighted by Gasteiger charge is -2.05. The van der Waals surface area contributed by atoms with E-state index in [1.54, 1.807) is 23.5 Å². The lowest BCUT2D eigenvalue weighted by molar-refractivity contribution is 1.08. The maximum Gasteiger partial charge on any atom is 0.110 e. The molecule has 2 rings (SSSR count). The Labute approximate surface area is 92.3 Å². The quantitative estimate of drug-likeness (QED) is 0.718. The summed E-state index contributed by atoms with van der Waals surface area (Å²) >= 11 is 3.45. The van der Waals surface area contributed by atoms with Crippen molar-refractivity contribution in [2.24, 2.45) is 0 Å². The average Bonchev–Trinajstić information content (AvgIpc) is 2.27. The number of nitrogens with zero attached hydrogens (tertiary/aromatic N) is 1. The Hall–Kier alpha value is -0.670. The van der Waals surface area contributed by atoms with Gasteiger partial charge in [-0.2, -0.15) is 0 Å². The van der Waals surface area contributed by atoms with E-state index in [4.69, 9.17) is 0 Å². The molecule has 72 valence electrons. The SMILES string of the molecule is CSc1cc2ccccc2nc1SC. The van der Waals surface area contributed by atoms with Gasteiger partial charge in [0.05, 0.1) is 5.52 Å². The van der Waals surface area contributed by atoms with E-state index in [-0.39, 0.29) is 0 Å². The molecule has 0 aliphatic carbocycles. The van der Waals surface area contributed by atoms with E-state index >= 15 is 0 Å². The van der Waals surface area contributed by atoms with Crippen LogP contribution >= 0.6 is 23.5 Å². The van der Waals surface area contributed by atoms with Gasteiger partial charge in [0.2, 0.25) is 0 Å².